The lowest BCUT2D eigenvalue weighted by Gasteiger charge is -2.10. The lowest BCUT2D eigenvalue weighted by atomic mass is 10.2. The SMILES string of the molecule is N#Cc1ccccc1OC1=CNCN=C1.O=c1cccn[nH]1. The van der Waals surface area contributed by atoms with E-state index in [1.165, 1.54) is 12.3 Å². The Kier molecular flexibility index (Phi) is 5.46. The molecule has 22 heavy (non-hydrogen) atoms. The second-order valence-electron chi connectivity index (χ2n) is 4.04. The highest BCUT2D eigenvalue weighted by atomic mass is 16.5. The number of nitrogens with one attached hydrogen (secondary N) is 2. The maximum Gasteiger partial charge on any atom is 0.264 e. The molecule has 2 heterocycles. The van der Waals surface area contributed by atoms with Gasteiger partial charge in [-0.05, 0) is 18.2 Å². The van der Waals surface area contributed by atoms with Crippen molar-refractivity contribution in [2.24, 2.45) is 4.99 Å². The number of nitrogens with zero attached hydrogens (tertiary/aromatic N) is 3. The molecule has 2 N–H and O–H groups in total. The van der Waals surface area contributed by atoms with Gasteiger partial charge >= 0.3 is 0 Å². The third-order valence-corrected chi connectivity index (χ3v) is 2.46. The molecule has 0 spiro atoms. The van der Waals surface area contributed by atoms with Crippen molar-refractivity contribution in [1.29, 1.82) is 5.26 Å². The predicted molar refractivity (Wildman–Crippen MR) is 81.2 cm³/mol. The summed E-state index contributed by atoms with van der Waals surface area (Å²) in [4.78, 5) is 14.1. The van der Waals surface area contributed by atoms with E-state index in [0.29, 0.717) is 23.7 Å². The van der Waals surface area contributed by atoms with Gasteiger partial charge in [-0.2, -0.15) is 10.4 Å². The van der Waals surface area contributed by atoms with Crippen LogP contribution in [0.1, 0.15) is 5.56 Å². The molecule has 110 valence electrons. The van der Waals surface area contributed by atoms with Crippen LogP contribution < -0.4 is 15.6 Å². The van der Waals surface area contributed by atoms with E-state index in [0.717, 1.165) is 0 Å². The monoisotopic (exact) mass is 295 g/mol. The summed E-state index contributed by atoms with van der Waals surface area (Å²) >= 11 is 0. The number of H-pyrrole nitrogens is 1. The van der Waals surface area contributed by atoms with E-state index in [2.05, 4.69) is 26.6 Å². The molecule has 7 heteroatoms. The molecule has 0 saturated heterocycles. The van der Waals surface area contributed by atoms with Crippen LogP contribution in [0.25, 0.3) is 0 Å². The third-order valence-electron chi connectivity index (χ3n) is 2.46. The Bertz CT molecular complexity index is 756. The van der Waals surface area contributed by atoms with Crippen LogP contribution in [-0.2, 0) is 0 Å². The summed E-state index contributed by atoms with van der Waals surface area (Å²) in [5.74, 6) is 1.14. The minimum absolute atomic E-state index is 0.164. The molecule has 1 aromatic carbocycles. The molecule has 0 atom stereocenters. The van der Waals surface area contributed by atoms with Crippen molar-refractivity contribution < 1.29 is 4.74 Å². The number of aromatic amines is 1. The van der Waals surface area contributed by atoms with Crippen molar-refractivity contribution in [3.8, 4) is 11.8 Å². The number of aromatic nitrogens is 2. The van der Waals surface area contributed by atoms with Crippen LogP contribution in [0.3, 0.4) is 0 Å². The van der Waals surface area contributed by atoms with Gasteiger partial charge in [-0.25, -0.2) is 5.10 Å². The zero-order valence-electron chi connectivity index (χ0n) is 11.6. The average molecular weight is 295 g/mol. The highest BCUT2D eigenvalue weighted by Gasteiger charge is 2.05. The Hall–Kier alpha value is -3.40. The van der Waals surface area contributed by atoms with Crippen LogP contribution in [0, 0.1) is 11.3 Å². The lowest BCUT2D eigenvalue weighted by Crippen LogP contribution is -2.14. The number of nitriles is 1. The molecule has 3 rings (SSSR count). The summed E-state index contributed by atoms with van der Waals surface area (Å²) in [5.41, 5.74) is 0.347. The minimum Gasteiger partial charge on any atom is -0.453 e. The van der Waals surface area contributed by atoms with E-state index in [-0.39, 0.29) is 5.56 Å². The first-order valence-electron chi connectivity index (χ1n) is 6.39. The fraction of sp³-hybridized carbons (Fsp3) is 0.0667. The van der Waals surface area contributed by atoms with Crippen molar-refractivity contribution in [3.63, 3.8) is 0 Å². The van der Waals surface area contributed by atoms with Gasteiger partial charge in [0.15, 0.2) is 5.76 Å². The normalized spacial score (nSPS) is 12.0. The molecule has 0 radical (unpaired) electrons. The maximum absolute atomic E-state index is 10.2. The average Bonchev–Trinajstić information content (AvgIpc) is 2.58. The zero-order valence-corrected chi connectivity index (χ0v) is 11.6. The number of benzene rings is 1. The topological polar surface area (TPSA) is 103 Å². The van der Waals surface area contributed by atoms with Crippen molar-refractivity contribution in [3.05, 3.63) is 70.5 Å². The van der Waals surface area contributed by atoms with Gasteiger partial charge in [-0.15, -0.1) is 0 Å². The van der Waals surface area contributed by atoms with Crippen LogP contribution in [0.15, 0.2) is 64.3 Å². The second-order valence-corrected chi connectivity index (χ2v) is 4.04. The van der Waals surface area contributed by atoms with Gasteiger partial charge in [0.1, 0.15) is 18.5 Å². The minimum atomic E-state index is -0.164. The molecule has 0 bridgehead atoms. The fourth-order valence-corrected chi connectivity index (χ4v) is 1.51. The Morgan fingerprint density at radius 2 is 2.09 bits per heavy atom. The van der Waals surface area contributed by atoms with Crippen LogP contribution in [-0.4, -0.2) is 23.1 Å². The summed E-state index contributed by atoms with van der Waals surface area (Å²) in [7, 11) is 0. The van der Waals surface area contributed by atoms with Crippen molar-refractivity contribution >= 4 is 6.21 Å². The molecule has 2 aromatic rings. The molecule has 0 unspecified atom stereocenters. The first-order valence-corrected chi connectivity index (χ1v) is 6.39. The van der Waals surface area contributed by atoms with E-state index < -0.39 is 0 Å². The quantitative estimate of drug-likeness (QED) is 0.866. The van der Waals surface area contributed by atoms with E-state index in [4.69, 9.17) is 10.00 Å². The van der Waals surface area contributed by atoms with Gasteiger partial charge in [0, 0.05) is 18.5 Å². The van der Waals surface area contributed by atoms with Crippen LogP contribution >= 0.6 is 0 Å². The molecule has 7 nitrogen and oxygen atoms in total. The number of ether oxygens (including phenoxy) is 1. The van der Waals surface area contributed by atoms with Gasteiger partial charge < -0.3 is 10.1 Å². The lowest BCUT2D eigenvalue weighted by molar-refractivity contribution is 0.447. The Morgan fingerprint density at radius 3 is 2.68 bits per heavy atom. The van der Waals surface area contributed by atoms with E-state index in [1.807, 2.05) is 6.07 Å². The fourth-order valence-electron chi connectivity index (χ4n) is 1.51. The standard InChI is InChI=1S/C11H9N3O.C4H4N2O/c12-5-9-3-1-2-4-11(9)15-10-6-13-8-14-7-10;7-4-2-1-3-5-6-4/h1-4,6-7,13H,8H2;1-3H,(H,6,7). The van der Waals surface area contributed by atoms with Crippen molar-refractivity contribution in [2.45, 2.75) is 0 Å². The first-order chi connectivity index (χ1) is 10.8. The van der Waals surface area contributed by atoms with Gasteiger partial charge in [0.2, 0.25) is 0 Å². The van der Waals surface area contributed by atoms with Gasteiger partial charge in [-0.3, -0.25) is 9.79 Å². The first kappa shape index (κ1) is 15.0. The molecule has 1 aliphatic rings. The predicted octanol–water partition coefficient (Wildman–Crippen LogP) is 1.18. The summed E-state index contributed by atoms with van der Waals surface area (Å²) in [6.45, 7) is 0.562. The Morgan fingerprint density at radius 1 is 1.23 bits per heavy atom. The third kappa shape index (κ3) is 4.61. The number of para-hydroxylation sites is 1. The van der Waals surface area contributed by atoms with Gasteiger partial charge in [0.25, 0.3) is 5.56 Å². The van der Waals surface area contributed by atoms with Gasteiger partial charge in [0.05, 0.1) is 11.8 Å². The van der Waals surface area contributed by atoms with E-state index >= 15 is 0 Å². The second kappa shape index (κ2) is 8.01. The Labute approximate surface area is 126 Å². The summed E-state index contributed by atoms with van der Waals surface area (Å²) in [6.07, 6.45) is 4.87. The number of hydrogen-bond donors (Lipinski definition) is 2. The van der Waals surface area contributed by atoms with Gasteiger partial charge in [-0.1, -0.05) is 12.1 Å². The molecular weight excluding hydrogens is 282 g/mol. The van der Waals surface area contributed by atoms with Crippen LogP contribution in [0.4, 0.5) is 0 Å². The zero-order chi connectivity index (χ0) is 15.6. The smallest absolute Gasteiger partial charge is 0.264 e. The molecule has 0 amide bonds. The van der Waals surface area contributed by atoms with Crippen molar-refractivity contribution in [2.75, 3.05) is 6.67 Å². The van der Waals surface area contributed by atoms with E-state index in [9.17, 15) is 4.79 Å². The van der Waals surface area contributed by atoms with Crippen LogP contribution in [0.5, 0.6) is 5.75 Å². The summed E-state index contributed by atoms with van der Waals surface area (Å²) in [6, 6.07) is 12.1. The highest BCUT2D eigenvalue weighted by Crippen LogP contribution is 2.18. The number of aliphatic imine (C=N–C) groups is 1. The van der Waals surface area contributed by atoms with Crippen LogP contribution in [0.2, 0.25) is 0 Å². The number of hydrogen-bond acceptors (Lipinski definition) is 6. The van der Waals surface area contributed by atoms with Crippen molar-refractivity contribution in [1.82, 2.24) is 15.5 Å². The molecular formula is C15H13N5O2. The highest BCUT2D eigenvalue weighted by molar-refractivity contribution is 5.77. The summed E-state index contributed by atoms with van der Waals surface area (Å²) in [5, 5.41) is 17.4. The molecule has 0 fully saturated rings. The molecule has 1 aromatic heterocycles. The molecule has 0 saturated carbocycles. The van der Waals surface area contributed by atoms with E-state index in [1.54, 1.807) is 36.7 Å². The summed E-state index contributed by atoms with van der Waals surface area (Å²) < 4.78 is 5.50. The molecule has 0 aliphatic carbocycles. The number of allylic oxidation sites excluding steroid dienone is 1. The largest absolute Gasteiger partial charge is 0.453 e. The molecule has 1 aliphatic heterocycles. The number of rotatable bonds is 2. The Balaban J connectivity index is 0.000000211. The maximum atomic E-state index is 10.2.